The predicted octanol–water partition coefficient (Wildman–Crippen LogP) is 4.86. The molecule has 0 aliphatic rings. The number of carbonyl (C=O) groups is 1. The summed E-state index contributed by atoms with van der Waals surface area (Å²) in [7, 11) is 0. The van der Waals surface area contributed by atoms with Gasteiger partial charge in [-0.05, 0) is 49.2 Å². The van der Waals surface area contributed by atoms with Crippen molar-refractivity contribution in [1.29, 1.82) is 0 Å². The van der Waals surface area contributed by atoms with Crippen LogP contribution in [0.1, 0.15) is 21.5 Å². The van der Waals surface area contributed by atoms with Gasteiger partial charge in [-0.25, -0.2) is 0 Å². The number of amides is 1. The number of rotatable bonds is 2. The van der Waals surface area contributed by atoms with Crippen LogP contribution >= 0.6 is 23.2 Å². The van der Waals surface area contributed by atoms with E-state index in [1.54, 1.807) is 18.2 Å². The average Bonchev–Trinajstić information content (AvgIpc) is 2.32. The third-order valence-corrected chi connectivity index (χ3v) is 3.20. The van der Waals surface area contributed by atoms with Crippen LogP contribution in [0.25, 0.3) is 0 Å². The van der Waals surface area contributed by atoms with Crippen LogP contribution < -0.4 is 5.32 Å². The SMILES string of the molecule is Cc1ccc(C)c(NC(=O)c2cc(Cl)cc(Cl)c2)c1. The summed E-state index contributed by atoms with van der Waals surface area (Å²) in [6, 6.07) is 10.7. The first-order valence-electron chi connectivity index (χ1n) is 5.80. The molecule has 98 valence electrons. The molecule has 0 saturated heterocycles. The van der Waals surface area contributed by atoms with Crippen molar-refractivity contribution < 1.29 is 4.79 Å². The third kappa shape index (κ3) is 3.49. The normalized spacial score (nSPS) is 10.3. The quantitative estimate of drug-likeness (QED) is 0.841. The second kappa shape index (κ2) is 5.64. The summed E-state index contributed by atoms with van der Waals surface area (Å²) >= 11 is 11.8. The molecular formula is C15H13Cl2NO. The summed E-state index contributed by atoms with van der Waals surface area (Å²) in [6.07, 6.45) is 0. The minimum absolute atomic E-state index is 0.224. The van der Waals surface area contributed by atoms with E-state index in [0.717, 1.165) is 16.8 Å². The van der Waals surface area contributed by atoms with Crippen molar-refractivity contribution in [2.24, 2.45) is 0 Å². The number of hydrogen-bond acceptors (Lipinski definition) is 1. The third-order valence-electron chi connectivity index (χ3n) is 2.77. The lowest BCUT2D eigenvalue weighted by Gasteiger charge is -2.10. The van der Waals surface area contributed by atoms with E-state index in [4.69, 9.17) is 23.2 Å². The second-order valence-corrected chi connectivity index (χ2v) is 5.30. The molecule has 2 rings (SSSR count). The largest absolute Gasteiger partial charge is 0.322 e. The van der Waals surface area contributed by atoms with E-state index in [0.29, 0.717) is 15.6 Å². The van der Waals surface area contributed by atoms with Crippen molar-refractivity contribution in [3.63, 3.8) is 0 Å². The average molecular weight is 294 g/mol. The number of hydrogen-bond donors (Lipinski definition) is 1. The van der Waals surface area contributed by atoms with Gasteiger partial charge in [0.05, 0.1) is 0 Å². The zero-order valence-electron chi connectivity index (χ0n) is 10.6. The molecule has 2 nitrogen and oxygen atoms in total. The van der Waals surface area contributed by atoms with E-state index in [2.05, 4.69) is 5.32 Å². The molecule has 1 N–H and O–H groups in total. The van der Waals surface area contributed by atoms with Crippen LogP contribution in [0, 0.1) is 13.8 Å². The molecule has 0 bridgehead atoms. The van der Waals surface area contributed by atoms with Crippen LogP contribution in [-0.2, 0) is 0 Å². The van der Waals surface area contributed by atoms with Crippen molar-refractivity contribution in [1.82, 2.24) is 0 Å². The van der Waals surface area contributed by atoms with Crippen molar-refractivity contribution in [2.45, 2.75) is 13.8 Å². The molecule has 0 fully saturated rings. The Kier molecular flexibility index (Phi) is 4.13. The Morgan fingerprint density at radius 1 is 1.00 bits per heavy atom. The van der Waals surface area contributed by atoms with E-state index < -0.39 is 0 Å². The van der Waals surface area contributed by atoms with Crippen molar-refractivity contribution in [3.8, 4) is 0 Å². The van der Waals surface area contributed by atoms with Gasteiger partial charge in [0.15, 0.2) is 0 Å². The van der Waals surface area contributed by atoms with Crippen LogP contribution in [0.2, 0.25) is 10.0 Å². The highest BCUT2D eigenvalue weighted by atomic mass is 35.5. The van der Waals surface area contributed by atoms with Crippen LogP contribution in [0.15, 0.2) is 36.4 Å². The monoisotopic (exact) mass is 293 g/mol. The first-order chi connectivity index (χ1) is 8.95. The lowest BCUT2D eigenvalue weighted by Crippen LogP contribution is -2.12. The molecule has 0 atom stereocenters. The van der Waals surface area contributed by atoms with Gasteiger partial charge >= 0.3 is 0 Å². The van der Waals surface area contributed by atoms with Crippen molar-refractivity contribution in [2.75, 3.05) is 5.32 Å². The van der Waals surface area contributed by atoms with Gasteiger partial charge in [-0.15, -0.1) is 0 Å². The number of benzene rings is 2. The molecule has 2 aromatic rings. The summed E-state index contributed by atoms with van der Waals surface area (Å²) < 4.78 is 0. The fraction of sp³-hybridized carbons (Fsp3) is 0.133. The molecule has 0 unspecified atom stereocenters. The second-order valence-electron chi connectivity index (χ2n) is 4.43. The first-order valence-corrected chi connectivity index (χ1v) is 6.56. The number of carbonyl (C=O) groups excluding carboxylic acids is 1. The van der Waals surface area contributed by atoms with Crippen LogP contribution in [0.5, 0.6) is 0 Å². The highest BCUT2D eigenvalue weighted by molar-refractivity contribution is 6.35. The van der Waals surface area contributed by atoms with Gasteiger partial charge in [-0.3, -0.25) is 4.79 Å². The van der Waals surface area contributed by atoms with Crippen LogP contribution in [0.4, 0.5) is 5.69 Å². The van der Waals surface area contributed by atoms with Crippen molar-refractivity contribution >= 4 is 34.8 Å². The van der Waals surface area contributed by atoms with E-state index in [-0.39, 0.29) is 5.91 Å². The summed E-state index contributed by atoms with van der Waals surface area (Å²) in [4.78, 5) is 12.2. The maximum absolute atomic E-state index is 12.2. The molecule has 0 aliphatic heterocycles. The van der Waals surface area contributed by atoms with Gasteiger partial charge in [0.25, 0.3) is 5.91 Å². The zero-order valence-corrected chi connectivity index (χ0v) is 12.1. The van der Waals surface area contributed by atoms with Gasteiger partial charge in [-0.2, -0.15) is 0 Å². The Balaban J connectivity index is 2.28. The molecule has 0 saturated carbocycles. The van der Waals surface area contributed by atoms with Gasteiger partial charge in [0.2, 0.25) is 0 Å². The Bertz CT molecular complexity index is 618. The molecule has 19 heavy (non-hydrogen) atoms. The minimum atomic E-state index is -0.224. The lowest BCUT2D eigenvalue weighted by atomic mass is 10.1. The summed E-state index contributed by atoms with van der Waals surface area (Å²) in [5.74, 6) is -0.224. The highest BCUT2D eigenvalue weighted by Crippen LogP contribution is 2.21. The van der Waals surface area contributed by atoms with E-state index in [1.165, 1.54) is 0 Å². The first kappa shape index (κ1) is 13.9. The standard InChI is InChI=1S/C15H13Cl2NO/c1-9-3-4-10(2)14(5-9)18-15(19)11-6-12(16)8-13(17)7-11/h3-8H,1-2H3,(H,18,19). The Hall–Kier alpha value is -1.51. The Morgan fingerprint density at radius 2 is 1.63 bits per heavy atom. The molecule has 2 aromatic carbocycles. The van der Waals surface area contributed by atoms with Gasteiger partial charge in [0, 0.05) is 21.3 Å². The van der Waals surface area contributed by atoms with Gasteiger partial charge in [0.1, 0.15) is 0 Å². The summed E-state index contributed by atoms with van der Waals surface area (Å²) in [6.45, 7) is 3.92. The lowest BCUT2D eigenvalue weighted by molar-refractivity contribution is 0.102. The fourth-order valence-corrected chi connectivity index (χ4v) is 2.28. The van der Waals surface area contributed by atoms with E-state index in [1.807, 2.05) is 32.0 Å². The molecule has 1 amide bonds. The molecule has 4 heteroatoms. The maximum Gasteiger partial charge on any atom is 0.255 e. The predicted molar refractivity (Wildman–Crippen MR) is 80.3 cm³/mol. The molecule has 0 spiro atoms. The molecular weight excluding hydrogens is 281 g/mol. The fourth-order valence-electron chi connectivity index (χ4n) is 1.75. The molecule has 0 heterocycles. The Morgan fingerprint density at radius 3 is 2.26 bits per heavy atom. The summed E-state index contributed by atoms with van der Waals surface area (Å²) in [5, 5.41) is 3.75. The Labute approximate surface area is 122 Å². The maximum atomic E-state index is 12.2. The van der Waals surface area contributed by atoms with E-state index >= 15 is 0 Å². The topological polar surface area (TPSA) is 29.1 Å². The van der Waals surface area contributed by atoms with E-state index in [9.17, 15) is 4.79 Å². The smallest absolute Gasteiger partial charge is 0.255 e. The highest BCUT2D eigenvalue weighted by Gasteiger charge is 2.09. The van der Waals surface area contributed by atoms with Crippen LogP contribution in [0.3, 0.4) is 0 Å². The number of nitrogens with one attached hydrogen (secondary N) is 1. The number of aryl methyl sites for hydroxylation is 2. The zero-order chi connectivity index (χ0) is 14.0. The number of anilines is 1. The van der Waals surface area contributed by atoms with Gasteiger partial charge < -0.3 is 5.32 Å². The molecule has 0 radical (unpaired) electrons. The van der Waals surface area contributed by atoms with Crippen molar-refractivity contribution in [3.05, 3.63) is 63.1 Å². The molecule has 0 aliphatic carbocycles. The minimum Gasteiger partial charge on any atom is -0.322 e. The van der Waals surface area contributed by atoms with Crippen LogP contribution in [-0.4, -0.2) is 5.91 Å². The van der Waals surface area contributed by atoms with Gasteiger partial charge in [-0.1, -0.05) is 35.3 Å². The number of halogens is 2. The summed E-state index contributed by atoms with van der Waals surface area (Å²) in [5.41, 5.74) is 3.33. The molecule has 0 aromatic heterocycles.